The van der Waals surface area contributed by atoms with Gasteiger partial charge in [0.2, 0.25) is 0 Å². The van der Waals surface area contributed by atoms with E-state index in [0.717, 1.165) is 37.0 Å². The highest BCUT2D eigenvalue weighted by atomic mass is 32.1. The molecule has 0 aliphatic rings. The van der Waals surface area contributed by atoms with Crippen molar-refractivity contribution in [2.75, 3.05) is 13.1 Å². The molecular weight excluding hydrogens is 296 g/mol. The average molecular weight is 320 g/mol. The van der Waals surface area contributed by atoms with Gasteiger partial charge in [0.15, 0.2) is 5.96 Å². The van der Waals surface area contributed by atoms with Gasteiger partial charge in [-0.05, 0) is 25.8 Å². The molecule has 0 aromatic carbocycles. The molecule has 0 bridgehead atoms. The molecule has 0 fully saturated rings. The number of nitrogens with zero attached hydrogens (tertiary/aromatic N) is 4. The summed E-state index contributed by atoms with van der Waals surface area (Å²) in [4.78, 5) is 10.3. The minimum Gasteiger partial charge on any atom is -0.357 e. The zero-order valence-corrected chi connectivity index (χ0v) is 14.3. The number of aryl methyl sites for hydroxylation is 2. The van der Waals surface area contributed by atoms with Crippen LogP contribution in [0.15, 0.2) is 23.6 Å². The molecule has 2 aromatic rings. The number of aromatic nitrogens is 3. The van der Waals surface area contributed by atoms with Gasteiger partial charge in [0, 0.05) is 30.4 Å². The van der Waals surface area contributed by atoms with Crippen LogP contribution < -0.4 is 10.6 Å². The van der Waals surface area contributed by atoms with Crippen LogP contribution in [0.2, 0.25) is 0 Å². The van der Waals surface area contributed by atoms with Crippen molar-refractivity contribution in [2.24, 2.45) is 4.99 Å². The topological polar surface area (TPSA) is 67.1 Å². The summed E-state index contributed by atoms with van der Waals surface area (Å²) in [5.74, 6) is 0.819. The maximum atomic E-state index is 4.58. The first-order valence-electron chi connectivity index (χ1n) is 7.66. The third kappa shape index (κ3) is 5.14. The second-order valence-corrected chi connectivity index (χ2v) is 6.18. The first kappa shape index (κ1) is 16.5. The van der Waals surface area contributed by atoms with E-state index < -0.39 is 0 Å². The highest BCUT2D eigenvalue weighted by Gasteiger charge is 2.02. The van der Waals surface area contributed by atoms with E-state index in [0.29, 0.717) is 6.54 Å². The number of hydrogen-bond acceptors (Lipinski definition) is 4. The lowest BCUT2D eigenvalue weighted by Gasteiger charge is -2.10. The summed E-state index contributed by atoms with van der Waals surface area (Å²) in [5, 5.41) is 11.9. The highest BCUT2D eigenvalue weighted by Crippen LogP contribution is 2.13. The SMILES string of the molecule is CCNC(=NCc1ncc(CC)s1)NCCn1cc(C)cn1. The van der Waals surface area contributed by atoms with E-state index in [2.05, 4.69) is 39.6 Å². The minimum atomic E-state index is 0.612. The largest absolute Gasteiger partial charge is 0.357 e. The van der Waals surface area contributed by atoms with Gasteiger partial charge in [-0.2, -0.15) is 5.10 Å². The molecule has 0 saturated heterocycles. The van der Waals surface area contributed by atoms with Gasteiger partial charge >= 0.3 is 0 Å². The quantitative estimate of drug-likeness (QED) is 0.604. The molecule has 2 heterocycles. The van der Waals surface area contributed by atoms with E-state index in [1.54, 1.807) is 11.3 Å². The molecule has 0 spiro atoms. The summed E-state index contributed by atoms with van der Waals surface area (Å²) in [6.45, 7) is 9.29. The third-order valence-corrected chi connectivity index (χ3v) is 4.19. The third-order valence-electron chi connectivity index (χ3n) is 3.06. The number of hydrogen-bond donors (Lipinski definition) is 2. The fourth-order valence-electron chi connectivity index (χ4n) is 1.95. The Morgan fingerprint density at radius 1 is 1.32 bits per heavy atom. The Labute approximate surface area is 135 Å². The normalized spacial score (nSPS) is 11.7. The summed E-state index contributed by atoms with van der Waals surface area (Å²) in [6, 6.07) is 0. The van der Waals surface area contributed by atoms with Gasteiger partial charge in [0.05, 0.1) is 19.3 Å². The lowest BCUT2D eigenvalue weighted by atomic mass is 10.4. The molecule has 0 radical (unpaired) electrons. The second kappa shape index (κ2) is 8.53. The Balaban J connectivity index is 1.83. The molecule has 2 aromatic heterocycles. The predicted octanol–water partition coefficient (Wildman–Crippen LogP) is 1.97. The van der Waals surface area contributed by atoms with Crippen molar-refractivity contribution in [2.45, 2.75) is 40.3 Å². The molecule has 22 heavy (non-hydrogen) atoms. The van der Waals surface area contributed by atoms with Gasteiger partial charge in [-0.3, -0.25) is 4.68 Å². The summed E-state index contributed by atoms with van der Waals surface area (Å²) >= 11 is 1.73. The second-order valence-electron chi connectivity index (χ2n) is 4.98. The standard InChI is InChI=1S/C15H24N6S/c1-4-13-9-18-14(22-13)10-19-15(16-5-2)17-6-7-21-11-12(3)8-20-21/h8-9,11H,4-7,10H2,1-3H3,(H2,16,17,19). The van der Waals surface area contributed by atoms with E-state index in [-0.39, 0.29) is 0 Å². The van der Waals surface area contributed by atoms with Gasteiger partial charge in [-0.1, -0.05) is 6.92 Å². The van der Waals surface area contributed by atoms with E-state index in [4.69, 9.17) is 0 Å². The van der Waals surface area contributed by atoms with E-state index >= 15 is 0 Å². The van der Waals surface area contributed by atoms with Crippen molar-refractivity contribution in [3.8, 4) is 0 Å². The van der Waals surface area contributed by atoms with Crippen molar-refractivity contribution in [3.05, 3.63) is 34.0 Å². The molecular formula is C15H24N6S. The first-order chi connectivity index (χ1) is 10.7. The molecule has 2 rings (SSSR count). The summed E-state index contributed by atoms with van der Waals surface area (Å²) < 4.78 is 1.93. The van der Waals surface area contributed by atoms with Crippen LogP contribution in [0.4, 0.5) is 0 Å². The summed E-state index contributed by atoms with van der Waals surface area (Å²) in [6.07, 6.45) is 6.87. The summed E-state index contributed by atoms with van der Waals surface area (Å²) in [7, 11) is 0. The average Bonchev–Trinajstić information content (AvgIpc) is 3.13. The molecule has 0 amide bonds. The van der Waals surface area contributed by atoms with Crippen LogP contribution in [0.25, 0.3) is 0 Å². The lowest BCUT2D eigenvalue weighted by molar-refractivity contribution is 0.597. The van der Waals surface area contributed by atoms with Crippen molar-refractivity contribution in [1.82, 2.24) is 25.4 Å². The molecule has 6 nitrogen and oxygen atoms in total. The van der Waals surface area contributed by atoms with Gasteiger partial charge < -0.3 is 10.6 Å². The smallest absolute Gasteiger partial charge is 0.191 e. The van der Waals surface area contributed by atoms with Crippen LogP contribution in [0.1, 0.15) is 29.3 Å². The minimum absolute atomic E-state index is 0.612. The van der Waals surface area contributed by atoms with Gasteiger partial charge in [0.1, 0.15) is 5.01 Å². The van der Waals surface area contributed by atoms with E-state index in [1.807, 2.05) is 30.2 Å². The van der Waals surface area contributed by atoms with Gasteiger partial charge in [-0.25, -0.2) is 9.98 Å². The molecule has 2 N–H and O–H groups in total. The predicted molar refractivity (Wildman–Crippen MR) is 91.3 cm³/mol. The highest BCUT2D eigenvalue weighted by molar-refractivity contribution is 7.11. The van der Waals surface area contributed by atoms with Crippen LogP contribution in [-0.4, -0.2) is 33.8 Å². The van der Waals surface area contributed by atoms with Crippen molar-refractivity contribution < 1.29 is 0 Å². The zero-order valence-electron chi connectivity index (χ0n) is 13.5. The fraction of sp³-hybridized carbons (Fsp3) is 0.533. The van der Waals surface area contributed by atoms with Crippen LogP contribution in [0, 0.1) is 6.92 Å². The Morgan fingerprint density at radius 2 is 2.18 bits per heavy atom. The number of thiazole rings is 1. The van der Waals surface area contributed by atoms with E-state index in [1.165, 1.54) is 10.4 Å². The number of nitrogens with one attached hydrogen (secondary N) is 2. The molecule has 7 heteroatoms. The van der Waals surface area contributed by atoms with E-state index in [9.17, 15) is 0 Å². The Bertz CT molecular complexity index is 601. The van der Waals surface area contributed by atoms with Crippen LogP contribution in [0.3, 0.4) is 0 Å². The first-order valence-corrected chi connectivity index (χ1v) is 8.47. The summed E-state index contributed by atoms with van der Waals surface area (Å²) in [5.41, 5.74) is 1.18. The van der Waals surface area contributed by atoms with Crippen LogP contribution >= 0.6 is 11.3 Å². The Morgan fingerprint density at radius 3 is 2.82 bits per heavy atom. The van der Waals surface area contributed by atoms with Crippen molar-refractivity contribution in [3.63, 3.8) is 0 Å². The monoisotopic (exact) mass is 320 g/mol. The maximum Gasteiger partial charge on any atom is 0.191 e. The molecule has 0 atom stereocenters. The van der Waals surface area contributed by atoms with Crippen LogP contribution in [-0.2, 0) is 19.5 Å². The van der Waals surface area contributed by atoms with Crippen molar-refractivity contribution in [1.29, 1.82) is 0 Å². The Kier molecular flexibility index (Phi) is 6.39. The molecule has 0 unspecified atom stereocenters. The molecule has 0 aliphatic heterocycles. The Hall–Kier alpha value is -1.89. The molecule has 0 aliphatic carbocycles. The maximum absolute atomic E-state index is 4.58. The zero-order chi connectivity index (χ0) is 15.8. The van der Waals surface area contributed by atoms with Crippen molar-refractivity contribution >= 4 is 17.3 Å². The number of guanidine groups is 1. The van der Waals surface area contributed by atoms with Gasteiger partial charge in [0.25, 0.3) is 0 Å². The number of rotatable bonds is 7. The molecule has 120 valence electrons. The number of aliphatic imine (C=N–C) groups is 1. The lowest BCUT2D eigenvalue weighted by Crippen LogP contribution is -2.38. The fourth-order valence-corrected chi connectivity index (χ4v) is 2.74. The van der Waals surface area contributed by atoms with Gasteiger partial charge in [-0.15, -0.1) is 11.3 Å². The molecule has 0 saturated carbocycles. The van der Waals surface area contributed by atoms with Crippen LogP contribution in [0.5, 0.6) is 0 Å².